The van der Waals surface area contributed by atoms with Crippen LogP contribution >= 0.6 is 0 Å². The monoisotopic (exact) mass is 1160 g/mol. The van der Waals surface area contributed by atoms with Crippen LogP contribution in [0.15, 0.2) is 170 Å². The van der Waals surface area contributed by atoms with Crippen molar-refractivity contribution < 1.29 is 48.3 Å². The van der Waals surface area contributed by atoms with Gasteiger partial charge in [-0.25, -0.2) is 34.7 Å². The Labute approximate surface area is 497 Å². The van der Waals surface area contributed by atoms with E-state index in [1.165, 1.54) is 28.8 Å². The fourth-order valence-corrected chi connectivity index (χ4v) is 10.2. The van der Waals surface area contributed by atoms with Crippen LogP contribution in [0.5, 0.6) is 46.0 Å². The number of aromatic carboxylic acids is 1. The number of hydrogen-bond acceptors (Lipinski definition) is 11. The van der Waals surface area contributed by atoms with Gasteiger partial charge >= 0.3 is 25.4 Å². The Bertz CT molecular complexity index is 4510. The summed E-state index contributed by atoms with van der Waals surface area (Å²) in [5, 5.41) is 12.5. The number of nitrogens with zero attached hydrogens (tertiary/aromatic N) is 6. The average molecular weight is 1160 g/mol. The van der Waals surface area contributed by atoms with Crippen molar-refractivity contribution in [2.45, 2.75) is 78.6 Å². The molecule has 3 aromatic heterocycles. The van der Waals surface area contributed by atoms with Crippen molar-refractivity contribution in [1.82, 2.24) is 39.9 Å². The molecule has 410 valence electrons. The molecule has 11 aromatic rings. The van der Waals surface area contributed by atoms with Gasteiger partial charge < -0.3 is 34.0 Å². The molecule has 13 rings (SSSR count). The van der Waals surface area contributed by atoms with Crippen molar-refractivity contribution in [3.8, 4) is 91.5 Å². The molecule has 8 bridgehead atoms. The molecule has 84 heavy (non-hydrogen) atoms. The van der Waals surface area contributed by atoms with Crippen LogP contribution in [0, 0.1) is 0 Å². The van der Waals surface area contributed by atoms with Crippen LogP contribution in [0.2, 0.25) is 0 Å². The van der Waals surface area contributed by atoms with Crippen LogP contribution in [-0.4, -0.2) is 50.9 Å². The van der Waals surface area contributed by atoms with Crippen LogP contribution in [-0.2, 0) is 35.7 Å². The summed E-state index contributed by atoms with van der Waals surface area (Å²) in [5.41, 5.74) is 8.44. The minimum atomic E-state index is -1.03. The summed E-state index contributed by atoms with van der Waals surface area (Å²) >= 11 is 0. The predicted octanol–water partition coefficient (Wildman–Crippen LogP) is 17.6. The second-order valence-electron chi connectivity index (χ2n) is 24.0. The Morgan fingerprint density at radius 3 is 0.929 bits per heavy atom. The molecule has 2 aliphatic heterocycles. The fraction of sp³-hybridized carbons (Fsp3) is 0.174. The van der Waals surface area contributed by atoms with Crippen LogP contribution in [0.1, 0.15) is 89.4 Å². The van der Waals surface area contributed by atoms with Crippen molar-refractivity contribution in [3.63, 3.8) is 0 Å². The topological polar surface area (TPSA) is 183 Å². The molecule has 0 saturated carbocycles. The molecule has 0 aliphatic carbocycles. The maximum atomic E-state index is 11.7. The molecule has 8 aromatic carbocycles. The van der Waals surface area contributed by atoms with Crippen molar-refractivity contribution in [2.75, 3.05) is 0 Å². The normalized spacial score (nSPS) is 12.1. The zero-order chi connectivity index (χ0) is 57.5. The average Bonchev–Trinajstić information content (AvgIpc) is 3.81. The predicted molar refractivity (Wildman–Crippen MR) is 325 cm³/mol. The van der Waals surface area contributed by atoms with Gasteiger partial charge in [0.2, 0.25) is 0 Å². The van der Waals surface area contributed by atoms with Gasteiger partial charge in [0.15, 0.2) is 23.3 Å². The van der Waals surface area contributed by atoms with Gasteiger partial charge in [-0.2, -0.15) is 0 Å². The van der Waals surface area contributed by atoms with E-state index in [1.807, 2.05) is 109 Å². The van der Waals surface area contributed by atoms with Crippen molar-refractivity contribution in [3.05, 3.63) is 192 Å². The third-order valence-corrected chi connectivity index (χ3v) is 14.9. The first-order valence-corrected chi connectivity index (χ1v) is 27.5. The number of nitrogens with one attached hydrogen (secondary N) is 2. The number of carboxylic acid groups (broad SMARTS) is 1. The van der Waals surface area contributed by atoms with Crippen LogP contribution in [0.4, 0.5) is 0 Å². The van der Waals surface area contributed by atoms with E-state index in [1.54, 1.807) is 12.1 Å². The molecule has 0 radical (unpaired) electrons. The minimum absolute atomic E-state index is 0. The summed E-state index contributed by atoms with van der Waals surface area (Å²) < 4.78 is 25.9. The van der Waals surface area contributed by atoms with Gasteiger partial charge in [0.1, 0.15) is 68.6 Å². The van der Waals surface area contributed by atoms with E-state index >= 15 is 0 Å². The smallest absolute Gasteiger partial charge is 0.478 e. The molecule has 2 aliphatic rings. The van der Waals surface area contributed by atoms with E-state index < -0.39 is 5.97 Å². The second kappa shape index (κ2) is 21.0. The van der Waals surface area contributed by atoms with Crippen molar-refractivity contribution in [1.29, 1.82) is 0 Å². The van der Waals surface area contributed by atoms with Gasteiger partial charge in [-0.3, -0.25) is 0 Å². The first-order chi connectivity index (χ1) is 39.7. The number of carbonyl (C=O) groups is 1. The molecule has 0 atom stereocenters. The number of aromatic nitrogens is 8. The van der Waals surface area contributed by atoms with Gasteiger partial charge in [-0.15, -0.1) is 0 Å². The number of fused-ring (bicyclic) bond motifs is 20. The summed E-state index contributed by atoms with van der Waals surface area (Å²) in [5.74, 6) is 5.35. The van der Waals surface area contributed by atoms with Gasteiger partial charge in [0.25, 0.3) is 0 Å². The number of benzene rings is 8. The van der Waals surface area contributed by atoms with Crippen LogP contribution in [0.25, 0.3) is 89.7 Å². The summed E-state index contributed by atoms with van der Waals surface area (Å²) in [6.07, 6.45) is 0. The zero-order valence-corrected chi connectivity index (χ0v) is 51.0. The third-order valence-electron chi connectivity index (χ3n) is 14.9. The zero-order valence-electron chi connectivity index (χ0n) is 48.0. The standard InChI is InChI=1S/C69H58N8O6.Zn/c1-67(2,3)39-12-20-43(21-13-39)81-47-27-31-51-55(35-47)64-73-59(51)71-62-54-34-46(80-42-18-10-38(11-19-42)66(78)79)26-30-50(54)58(70-62)72-63-56-36-48(82-44-22-14-40(15-23-44)68(4,5)6)28-32-52(56)60(74-63)76-65-57-37-49(29-33-53(57)61(75-64)77-65)83-45-24-16-41(17-25-45)69(7,8)9;/h10-37H,1-9H3,(H,78,79)(H2,70,71,72,73,74,75,76,77);/q;+2. The van der Waals surface area contributed by atoms with Crippen molar-refractivity contribution in [2.24, 2.45) is 0 Å². The minimum Gasteiger partial charge on any atom is -0.478 e. The van der Waals surface area contributed by atoms with E-state index in [0.29, 0.717) is 108 Å². The Balaban J connectivity index is 0.00000694. The molecule has 14 nitrogen and oxygen atoms in total. The van der Waals surface area contributed by atoms with Gasteiger partial charge in [-0.05, 0) is 166 Å². The first kappa shape index (κ1) is 55.0. The van der Waals surface area contributed by atoms with E-state index in [9.17, 15) is 9.90 Å². The Kier molecular flexibility index (Phi) is 13.7. The maximum Gasteiger partial charge on any atom is 2.00 e. The quantitative estimate of drug-likeness (QED) is 0.116. The van der Waals surface area contributed by atoms with Gasteiger partial charge in [0.05, 0.1) is 5.56 Å². The number of aromatic amines is 2. The molecule has 5 heterocycles. The van der Waals surface area contributed by atoms with E-state index in [-0.39, 0.29) is 41.3 Å². The van der Waals surface area contributed by atoms with Gasteiger partial charge in [0, 0.05) is 43.8 Å². The SMILES string of the molecule is CC(C)(C)c1ccc(Oc2ccc3c(c2)-c2nc-3nc3[nH]c(nc4nc(nc5[nH]c(n2)c2ccc(Oc6ccc(C(=O)O)cc6)cc52)-c2ccc(Oc5ccc(C(C)(C)C)cc5)cc2-4)c2ccc(Oc4ccc(C(C)(C)C)cc4)cc32)cc1.[Zn+2]. The largest absolute Gasteiger partial charge is 2.00 e. The molecule has 0 amide bonds. The van der Waals surface area contributed by atoms with E-state index in [2.05, 4.69) is 109 Å². The fourth-order valence-electron chi connectivity index (χ4n) is 10.2. The Morgan fingerprint density at radius 2 is 0.607 bits per heavy atom. The second-order valence-corrected chi connectivity index (χ2v) is 24.0. The summed E-state index contributed by atoms with van der Waals surface area (Å²) in [4.78, 5) is 50.4. The molecule has 0 fully saturated rings. The Morgan fingerprint density at radius 1 is 0.333 bits per heavy atom. The molecule has 0 saturated heterocycles. The van der Waals surface area contributed by atoms with Crippen LogP contribution in [0.3, 0.4) is 0 Å². The number of carboxylic acids is 1. The Hall–Kier alpha value is -9.59. The summed E-state index contributed by atoms with van der Waals surface area (Å²) in [7, 11) is 0. The number of ether oxygens (including phenoxy) is 4. The maximum absolute atomic E-state index is 11.7. The van der Waals surface area contributed by atoms with E-state index in [4.69, 9.17) is 48.9 Å². The van der Waals surface area contributed by atoms with E-state index in [0.717, 1.165) is 27.3 Å². The summed E-state index contributed by atoms with van der Waals surface area (Å²) in [6, 6.07) is 53.8. The summed E-state index contributed by atoms with van der Waals surface area (Å²) in [6.45, 7) is 19.7. The number of hydrogen-bond donors (Lipinski definition) is 3. The molecule has 15 heteroatoms. The number of rotatable bonds is 9. The van der Waals surface area contributed by atoms with Crippen molar-refractivity contribution >= 4 is 50.1 Å². The number of H-pyrrole nitrogens is 2. The molecule has 0 unspecified atom stereocenters. The van der Waals surface area contributed by atoms with Gasteiger partial charge in [-0.1, -0.05) is 98.7 Å². The third kappa shape index (κ3) is 10.9. The first-order valence-electron chi connectivity index (χ1n) is 27.5. The molecular formula is C69H58N8O6Zn+2. The molecule has 3 N–H and O–H groups in total. The van der Waals surface area contributed by atoms with Crippen LogP contribution < -0.4 is 18.9 Å². The molecular weight excluding hydrogens is 1100 g/mol. The molecule has 0 spiro atoms.